The highest BCUT2D eigenvalue weighted by Gasteiger charge is 2.15. The molecule has 0 fully saturated rings. The number of rotatable bonds is 4. The van der Waals surface area contributed by atoms with Crippen molar-refractivity contribution in [1.29, 1.82) is 0 Å². The number of hydrogen-bond donors (Lipinski definition) is 1. The molecule has 2 aromatic heterocycles. The molecule has 0 aliphatic carbocycles. The van der Waals surface area contributed by atoms with Crippen molar-refractivity contribution in [3.63, 3.8) is 0 Å². The van der Waals surface area contributed by atoms with Gasteiger partial charge in [-0.15, -0.1) is 22.7 Å². The van der Waals surface area contributed by atoms with Crippen LogP contribution >= 0.6 is 22.7 Å². The highest BCUT2D eigenvalue weighted by atomic mass is 32.1. The Morgan fingerprint density at radius 3 is 2.79 bits per heavy atom. The minimum absolute atomic E-state index is 0.382. The summed E-state index contributed by atoms with van der Waals surface area (Å²) in [6.45, 7) is 2.14. The molecule has 0 radical (unpaired) electrons. The highest BCUT2D eigenvalue weighted by Crippen LogP contribution is 2.32. The van der Waals surface area contributed by atoms with E-state index in [4.69, 9.17) is 0 Å². The maximum atomic E-state index is 10.5. The third-order valence-corrected chi connectivity index (χ3v) is 5.51. The summed E-state index contributed by atoms with van der Waals surface area (Å²) in [5, 5.41) is 16.0. The van der Waals surface area contributed by atoms with Gasteiger partial charge in [0.1, 0.15) is 0 Å². The van der Waals surface area contributed by atoms with Gasteiger partial charge in [0.25, 0.3) is 0 Å². The van der Waals surface area contributed by atoms with Gasteiger partial charge in [-0.3, -0.25) is 0 Å². The van der Waals surface area contributed by atoms with Crippen molar-refractivity contribution in [3.05, 3.63) is 57.1 Å². The number of benzene rings is 1. The number of aliphatic hydroxyl groups excluding tert-OH is 1. The van der Waals surface area contributed by atoms with E-state index in [1.807, 2.05) is 0 Å². The topological polar surface area (TPSA) is 20.2 Å². The minimum Gasteiger partial charge on any atom is -0.387 e. The summed E-state index contributed by atoms with van der Waals surface area (Å²) in [5.74, 6) is 0. The van der Waals surface area contributed by atoms with Gasteiger partial charge in [-0.05, 0) is 45.8 Å². The van der Waals surface area contributed by atoms with Gasteiger partial charge in [0.2, 0.25) is 0 Å². The Kier molecular flexibility index (Phi) is 3.69. The fourth-order valence-electron chi connectivity index (χ4n) is 2.42. The summed E-state index contributed by atoms with van der Waals surface area (Å²) in [5.41, 5.74) is 2.53. The first-order valence-corrected chi connectivity index (χ1v) is 8.25. The molecule has 0 amide bonds. The molecule has 19 heavy (non-hydrogen) atoms. The third-order valence-electron chi connectivity index (χ3n) is 3.44. The van der Waals surface area contributed by atoms with E-state index in [9.17, 15) is 5.11 Å². The molecular weight excluding hydrogens is 272 g/mol. The molecule has 0 saturated heterocycles. The quantitative estimate of drug-likeness (QED) is 0.731. The lowest BCUT2D eigenvalue weighted by Gasteiger charge is -2.10. The maximum absolute atomic E-state index is 10.5. The van der Waals surface area contributed by atoms with Gasteiger partial charge >= 0.3 is 0 Å². The molecule has 3 heteroatoms. The van der Waals surface area contributed by atoms with Crippen LogP contribution in [0.3, 0.4) is 0 Å². The molecule has 1 aromatic carbocycles. The van der Waals surface area contributed by atoms with E-state index < -0.39 is 0 Å². The van der Waals surface area contributed by atoms with Gasteiger partial charge in [-0.2, -0.15) is 0 Å². The van der Waals surface area contributed by atoms with Gasteiger partial charge in [-0.1, -0.05) is 25.1 Å². The zero-order valence-corrected chi connectivity index (χ0v) is 12.4. The molecule has 1 nitrogen and oxygen atoms in total. The second kappa shape index (κ2) is 5.45. The van der Waals surface area contributed by atoms with Crippen LogP contribution in [0.15, 0.2) is 41.1 Å². The third kappa shape index (κ3) is 2.46. The number of aryl methyl sites for hydroxylation is 1. The maximum Gasteiger partial charge on any atom is 0.0925 e. The van der Waals surface area contributed by atoms with Crippen LogP contribution in [-0.2, 0) is 12.8 Å². The summed E-state index contributed by atoms with van der Waals surface area (Å²) in [6.07, 6.45) is 1.31. The van der Waals surface area contributed by atoms with Gasteiger partial charge < -0.3 is 5.11 Å². The Hall–Kier alpha value is -1.16. The lowest BCUT2D eigenvalue weighted by atomic mass is 10.0. The van der Waals surface area contributed by atoms with Crippen molar-refractivity contribution in [2.75, 3.05) is 0 Å². The molecule has 0 bridgehead atoms. The van der Waals surface area contributed by atoms with E-state index in [-0.39, 0.29) is 6.10 Å². The summed E-state index contributed by atoms with van der Waals surface area (Å²) >= 11 is 3.42. The number of thiophene rings is 2. The molecule has 1 N–H and O–H groups in total. The first-order valence-electron chi connectivity index (χ1n) is 6.49. The van der Waals surface area contributed by atoms with Crippen LogP contribution in [0.25, 0.3) is 10.1 Å². The van der Waals surface area contributed by atoms with Crippen LogP contribution in [-0.4, -0.2) is 5.11 Å². The predicted octanol–water partition coefficient (Wildman–Crippen LogP) is 4.80. The fraction of sp³-hybridized carbons (Fsp3) is 0.250. The number of aliphatic hydroxyl groups is 1. The SMILES string of the molecule is CCc1ccsc1C(O)Cc1csc2ccccc12. The van der Waals surface area contributed by atoms with Crippen molar-refractivity contribution >= 4 is 32.8 Å². The monoisotopic (exact) mass is 288 g/mol. The lowest BCUT2D eigenvalue weighted by molar-refractivity contribution is 0.182. The fourth-order valence-corrected chi connectivity index (χ4v) is 4.38. The predicted molar refractivity (Wildman–Crippen MR) is 84.2 cm³/mol. The van der Waals surface area contributed by atoms with Crippen molar-refractivity contribution in [2.45, 2.75) is 25.9 Å². The van der Waals surface area contributed by atoms with Crippen LogP contribution in [0, 0.1) is 0 Å². The molecule has 1 unspecified atom stereocenters. The van der Waals surface area contributed by atoms with Crippen LogP contribution in [0.2, 0.25) is 0 Å². The summed E-state index contributed by atoms with van der Waals surface area (Å²) in [4.78, 5) is 1.12. The van der Waals surface area contributed by atoms with Gasteiger partial charge in [0, 0.05) is 16.0 Å². The molecule has 3 rings (SSSR count). The lowest BCUT2D eigenvalue weighted by Crippen LogP contribution is -2.01. The van der Waals surface area contributed by atoms with Crippen molar-refractivity contribution in [1.82, 2.24) is 0 Å². The van der Waals surface area contributed by atoms with E-state index >= 15 is 0 Å². The van der Waals surface area contributed by atoms with Crippen LogP contribution < -0.4 is 0 Å². The highest BCUT2D eigenvalue weighted by molar-refractivity contribution is 7.17. The van der Waals surface area contributed by atoms with E-state index in [1.165, 1.54) is 21.2 Å². The van der Waals surface area contributed by atoms with Crippen LogP contribution in [0.4, 0.5) is 0 Å². The summed E-state index contributed by atoms with van der Waals surface area (Å²) < 4.78 is 1.30. The van der Waals surface area contributed by atoms with Gasteiger partial charge in [0.15, 0.2) is 0 Å². The molecule has 0 saturated carbocycles. The van der Waals surface area contributed by atoms with Crippen molar-refractivity contribution in [2.24, 2.45) is 0 Å². The molecule has 98 valence electrons. The summed E-state index contributed by atoms with van der Waals surface area (Å²) in [6, 6.07) is 10.5. The Bertz CT molecular complexity index is 681. The van der Waals surface area contributed by atoms with Crippen LogP contribution in [0.5, 0.6) is 0 Å². The standard InChI is InChI=1S/C16H16OS2/c1-2-11-7-8-18-16(11)14(17)9-12-10-19-15-6-4-3-5-13(12)15/h3-8,10,14,17H,2,9H2,1H3. The normalized spacial score (nSPS) is 12.9. The number of hydrogen-bond acceptors (Lipinski definition) is 3. The zero-order valence-electron chi connectivity index (χ0n) is 10.8. The smallest absolute Gasteiger partial charge is 0.0925 e. The average molecular weight is 288 g/mol. The van der Waals surface area contributed by atoms with E-state index in [0.29, 0.717) is 6.42 Å². The molecule has 0 aliphatic heterocycles. The van der Waals surface area contributed by atoms with E-state index in [1.54, 1.807) is 22.7 Å². The Morgan fingerprint density at radius 2 is 1.95 bits per heavy atom. The van der Waals surface area contributed by atoms with Gasteiger partial charge in [-0.25, -0.2) is 0 Å². The molecule has 1 atom stereocenters. The molecule has 0 spiro atoms. The molecular formula is C16H16OS2. The second-order valence-corrected chi connectivity index (χ2v) is 6.50. The minimum atomic E-state index is -0.382. The molecule has 0 aliphatic rings. The number of fused-ring (bicyclic) bond motifs is 1. The molecule has 2 heterocycles. The van der Waals surface area contributed by atoms with Crippen molar-refractivity contribution < 1.29 is 5.11 Å². The van der Waals surface area contributed by atoms with E-state index in [0.717, 1.165) is 11.3 Å². The van der Waals surface area contributed by atoms with Crippen molar-refractivity contribution in [3.8, 4) is 0 Å². The average Bonchev–Trinajstić information content (AvgIpc) is 3.05. The first-order chi connectivity index (χ1) is 9.29. The Labute approximate surface area is 121 Å². The second-order valence-electron chi connectivity index (χ2n) is 4.64. The van der Waals surface area contributed by atoms with E-state index in [2.05, 4.69) is 48.0 Å². The summed E-state index contributed by atoms with van der Waals surface area (Å²) in [7, 11) is 0. The first kappa shape index (κ1) is 12.9. The Morgan fingerprint density at radius 1 is 1.11 bits per heavy atom. The largest absolute Gasteiger partial charge is 0.387 e. The molecule has 3 aromatic rings. The van der Waals surface area contributed by atoms with Crippen LogP contribution in [0.1, 0.15) is 29.0 Å². The van der Waals surface area contributed by atoms with Gasteiger partial charge in [0.05, 0.1) is 6.10 Å². The zero-order chi connectivity index (χ0) is 13.2. The Balaban J connectivity index is 1.89.